The van der Waals surface area contributed by atoms with Crippen LogP contribution in [0, 0.1) is 0 Å². The fourth-order valence-corrected chi connectivity index (χ4v) is 4.93. The van der Waals surface area contributed by atoms with E-state index in [-0.39, 0.29) is 18.2 Å². The molecule has 0 saturated heterocycles. The van der Waals surface area contributed by atoms with E-state index in [1.165, 1.54) is 4.24 Å². The first-order chi connectivity index (χ1) is 2.41. The number of hydrogen-bond acceptors (Lipinski definition) is 1. The summed E-state index contributed by atoms with van der Waals surface area (Å²) in [6, 6.07) is 0. The van der Waals surface area contributed by atoms with Gasteiger partial charge in [-0.1, -0.05) is 0 Å². The molecule has 0 spiro atoms. The molecule has 0 fully saturated rings. The molecule has 0 atom stereocenters. The van der Waals surface area contributed by atoms with Gasteiger partial charge >= 0.3 is 56.2 Å². The molecule has 0 bridgehead atoms. The van der Waals surface area contributed by atoms with E-state index in [4.69, 9.17) is 5.11 Å². The van der Waals surface area contributed by atoms with Crippen molar-refractivity contribution in [2.45, 2.75) is 0 Å². The van der Waals surface area contributed by atoms with Crippen LogP contribution in [0.4, 0.5) is 0 Å². The van der Waals surface area contributed by atoms with Crippen molar-refractivity contribution in [2.75, 3.05) is 0 Å². The molecule has 1 nitrogen and oxygen atoms in total. The van der Waals surface area contributed by atoms with E-state index in [0.29, 0.717) is 0 Å². The predicted octanol–water partition coefficient (Wildman–Crippen LogP) is -2.01. The van der Waals surface area contributed by atoms with Crippen LogP contribution in [-0.4, -0.2) is 56.2 Å². The number of aliphatic hydroxyl groups is 1. The fourth-order valence-electron chi connectivity index (χ4n) is 0.0211. The van der Waals surface area contributed by atoms with E-state index in [1.807, 2.05) is 20.1 Å². The summed E-state index contributed by atoms with van der Waals surface area (Å²) in [5.74, 6) is 0. The standard InChI is InChI=1S/CH4OSeTe2/c2-1-5-3-4/h1-2,4-5H. The topological polar surface area (TPSA) is 20.2 Å². The molecule has 0 aromatic carbocycles. The molecule has 0 radical (unpaired) electrons. The molecule has 0 amide bonds. The summed E-state index contributed by atoms with van der Waals surface area (Å²) in [6.45, 7) is 0. The Balaban J connectivity index is 2.62. The van der Waals surface area contributed by atoms with Gasteiger partial charge in [0.1, 0.15) is 0 Å². The van der Waals surface area contributed by atoms with Crippen molar-refractivity contribution in [2.24, 2.45) is 0 Å². The Bertz CT molecular complexity index is 36.6. The van der Waals surface area contributed by atoms with E-state index >= 15 is 0 Å². The zero-order valence-electron chi connectivity index (χ0n) is 2.33. The molecule has 0 rings (SSSR count). The fraction of sp³-hybridized carbons (Fsp3) is 0. The van der Waals surface area contributed by atoms with Crippen molar-refractivity contribution in [3.05, 3.63) is 0 Å². The normalized spacial score (nSPS) is 11.6. The quantitative estimate of drug-likeness (QED) is 0.532. The Labute approximate surface area is 55.4 Å². The Morgan fingerprint density at radius 1 is 2.00 bits per heavy atom. The first-order valence-electron chi connectivity index (χ1n) is 0.882. The second kappa shape index (κ2) is 5.93. The third kappa shape index (κ3) is 5.93. The van der Waals surface area contributed by atoms with Crippen molar-refractivity contribution >= 4 is 51.1 Å². The van der Waals surface area contributed by atoms with Crippen LogP contribution < -0.4 is 0 Å². The molecule has 5 heavy (non-hydrogen) atoms. The Hall–Kier alpha value is 1.93. The van der Waals surface area contributed by atoms with Gasteiger partial charge in [0.05, 0.1) is 0 Å². The average molecular weight is 366 g/mol. The van der Waals surface area contributed by atoms with Gasteiger partial charge in [-0.15, -0.1) is 0 Å². The Kier molecular flexibility index (Phi) is 8.22. The molecule has 0 saturated carbocycles. The molecular formula is CH4OSeTe2. The molecule has 1 N–H and O–H groups in total. The minimum atomic E-state index is -0.129. The zero-order chi connectivity index (χ0) is 4.12. The van der Waals surface area contributed by atoms with E-state index in [2.05, 4.69) is 0 Å². The number of rotatable bonds is 1. The molecule has 32 valence electrons. The van der Waals surface area contributed by atoms with Crippen LogP contribution in [0.5, 0.6) is 0 Å². The molecule has 4 heteroatoms. The van der Waals surface area contributed by atoms with Gasteiger partial charge in [-0.3, -0.25) is 0 Å². The Morgan fingerprint density at radius 3 is 2.60 bits per heavy atom. The van der Waals surface area contributed by atoms with Crippen molar-refractivity contribution < 1.29 is 5.11 Å². The van der Waals surface area contributed by atoms with Gasteiger partial charge in [-0.2, -0.15) is 0 Å². The average Bonchev–Trinajstić information content (AvgIpc) is 1.41. The second-order valence-electron chi connectivity index (χ2n) is 0.303. The van der Waals surface area contributed by atoms with Gasteiger partial charge in [-0.05, 0) is 0 Å². The maximum atomic E-state index is 8.03. The third-order valence-corrected chi connectivity index (χ3v) is 12.7. The number of aliphatic hydroxyl groups excluding tert-OH is 1. The van der Waals surface area contributed by atoms with Gasteiger partial charge in [0.2, 0.25) is 0 Å². The first kappa shape index (κ1) is 6.93. The van der Waals surface area contributed by atoms with Crippen LogP contribution in [0.1, 0.15) is 0 Å². The molecule has 0 aromatic rings. The number of hydrogen-bond donors (Lipinski definition) is 1. The summed E-state index contributed by atoms with van der Waals surface area (Å²) in [5, 5.41) is 8.03. The van der Waals surface area contributed by atoms with Crippen LogP contribution in [0.15, 0.2) is 0 Å². The molecule has 0 unspecified atom stereocenters. The Morgan fingerprint density at radius 2 is 2.60 bits per heavy atom. The van der Waals surface area contributed by atoms with Crippen molar-refractivity contribution in [3.8, 4) is 0 Å². The molecular weight excluding hydrogens is 362 g/mol. The summed E-state index contributed by atoms with van der Waals surface area (Å²) < 4.78 is 1.37. The SMILES string of the molecule is OC=[TeH][Se][TeH]. The van der Waals surface area contributed by atoms with E-state index in [1.54, 1.807) is 0 Å². The molecule has 0 aromatic heterocycles. The second-order valence-corrected chi connectivity index (χ2v) is 23.5. The van der Waals surface area contributed by atoms with E-state index in [9.17, 15) is 0 Å². The van der Waals surface area contributed by atoms with Crippen molar-refractivity contribution in [1.29, 1.82) is 0 Å². The van der Waals surface area contributed by atoms with Gasteiger partial charge < -0.3 is 0 Å². The monoisotopic (exact) mass is 372 g/mol. The molecule has 0 aliphatic rings. The third-order valence-electron chi connectivity index (χ3n) is 0.0943. The maximum absolute atomic E-state index is 8.03. The van der Waals surface area contributed by atoms with Crippen LogP contribution in [-0.2, 0) is 0 Å². The van der Waals surface area contributed by atoms with Crippen LogP contribution in [0.3, 0.4) is 0 Å². The van der Waals surface area contributed by atoms with Gasteiger partial charge in [0, 0.05) is 0 Å². The minimum absolute atomic E-state index is 0.129. The molecule has 0 heterocycles. The van der Waals surface area contributed by atoms with Gasteiger partial charge in [0.15, 0.2) is 0 Å². The first-order valence-corrected chi connectivity index (χ1v) is 14.7. The van der Waals surface area contributed by atoms with Crippen molar-refractivity contribution in [3.63, 3.8) is 0 Å². The van der Waals surface area contributed by atoms with E-state index < -0.39 is 0 Å². The van der Waals surface area contributed by atoms with Gasteiger partial charge in [0.25, 0.3) is 0 Å². The van der Waals surface area contributed by atoms with Crippen molar-refractivity contribution in [1.82, 2.24) is 0 Å². The predicted molar refractivity (Wildman–Crippen MR) is 28.1 cm³/mol. The molecule has 0 aliphatic heterocycles. The van der Waals surface area contributed by atoms with Crippen LogP contribution in [0.2, 0.25) is 0 Å². The van der Waals surface area contributed by atoms with E-state index in [0.717, 1.165) is 8.59 Å². The van der Waals surface area contributed by atoms with Crippen LogP contribution in [0.25, 0.3) is 0 Å². The summed E-state index contributed by atoms with van der Waals surface area (Å²) in [7, 11) is 0.820. The van der Waals surface area contributed by atoms with Gasteiger partial charge in [-0.25, -0.2) is 0 Å². The molecule has 0 aliphatic carbocycles. The summed E-state index contributed by atoms with van der Waals surface area (Å²) in [4.78, 5) is 0. The zero-order valence-corrected chi connectivity index (χ0v) is 9.15. The summed E-state index contributed by atoms with van der Waals surface area (Å²) in [5.41, 5.74) is 0. The van der Waals surface area contributed by atoms with Crippen LogP contribution >= 0.6 is 0 Å². The summed E-state index contributed by atoms with van der Waals surface area (Å²) in [6.07, 6.45) is 0. The summed E-state index contributed by atoms with van der Waals surface area (Å²) >= 11 is 1.73.